The van der Waals surface area contributed by atoms with E-state index >= 15 is 0 Å². The molecule has 1 aliphatic heterocycles. The van der Waals surface area contributed by atoms with Crippen molar-refractivity contribution >= 4 is 34.5 Å². The first-order chi connectivity index (χ1) is 15.4. The minimum Gasteiger partial charge on any atom is -0.467 e. The van der Waals surface area contributed by atoms with Crippen LogP contribution in [-0.4, -0.2) is 71.1 Å². The quantitative estimate of drug-likeness (QED) is 0.382. The normalized spacial score (nSPS) is 16.1. The Balaban J connectivity index is 1.57. The Morgan fingerprint density at radius 1 is 1.03 bits per heavy atom. The van der Waals surface area contributed by atoms with Crippen molar-refractivity contribution in [3.05, 3.63) is 71.7 Å². The third kappa shape index (κ3) is 3.73. The minimum absolute atomic E-state index is 0.0354. The van der Waals surface area contributed by atoms with Crippen molar-refractivity contribution in [1.82, 2.24) is 14.8 Å². The van der Waals surface area contributed by atoms with Crippen LogP contribution >= 0.6 is 0 Å². The highest BCUT2D eigenvalue weighted by Crippen LogP contribution is 2.23. The van der Waals surface area contributed by atoms with E-state index in [1.165, 1.54) is 35.2 Å². The molecule has 1 aromatic heterocycles. The van der Waals surface area contributed by atoms with E-state index < -0.39 is 29.5 Å². The SMILES string of the molecule is COC(=O)[C@@H]1CN(C(=O)C(=O)c2c[nH]c3cccc(F)c23)CCN1C(=O)c1ccccc1. The molecule has 1 aliphatic rings. The van der Waals surface area contributed by atoms with E-state index in [4.69, 9.17) is 4.74 Å². The molecule has 1 atom stereocenters. The lowest BCUT2D eigenvalue weighted by molar-refractivity contribution is -0.149. The summed E-state index contributed by atoms with van der Waals surface area (Å²) < 4.78 is 19.1. The number of fused-ring (bicyclic) bond motifs is 1. The largest absolute Gasteiger partial charge is 0.467 e. The summed E-state index contributed by atoms with van der Waals surface area (Å²) in [5.74, 6) is -3.47. The minimum atomic E-state index is -1.07. The number of carbonyl (C=O) groups excluding carboxylic acids is 4. The molecule has 0 radical (unpaired) electrons. The second kappa shape index (κ2) is 8.62. The Morgan fingerprint density at radius 3 is 2.50 bits per heavy atom. The van der Waals surface area contributed by atoms with Gasteiger partial charge in [-0.3, -0.25) is 14.4 Å². The Morgan fingerprint density at radius 2 is 1.78 bits per heavy atom. The zero-order valence-electron chi connectivity index (χ0n) is 17.2. The van der Waals surface area contributed by atoms with Crippen molar-refractivity contribution in [2.24, 2.45) is 0 Å². The molecule has 1 saturated heterocycles. The number of rotatable bonds is 4. The Hall–Kier alpha value is -4.01. The van der Waals surface area contributed by atoms with E-state index in [0.29, 0.717) is 11.1 Å². The number of hydrogen-bond donors (Lipinski definition) is 1. The first kappa shape index (κ1) is 21.2. The molecule has 0 aliphatic carbocycles. The van der Waals surface area contributed by atoms with Crippen LogP contribution in [0.25, 0.3) is 10.9 Å². The van der Waals surface area contributed by atoms with Crippen LogP contribution in [0.1, 0.15) is 20.7 Å². The number of Topliss-reactive ketones (excluding diaryl/α,β-unsaturated/α-hetero) is 1. The monoisotopic (exact) mass is 437 g/mol. The number of esters is 1. The first-order valence-electron chi connectivity index (χ1n) is 9.95. The van der Waals surface area contributed by atoms with E-state index in [1.807, 2.05) is 0 Å². The maximum atomic E-state index is 14.3. The Kier molecular flexibility index (Phi) is 5.72. The van der Waals surface area contributed by atoms with Crippen molar-refractivity contribution < 1.29 is 28.3 Å². The highest BCUT2D eigenvalue weighted by atomic mass is 19.1. The topological polar surface area (TPSA) is 99.8 Å². The first-order valence-corrected chi connectivity index (χ1v) is 9.95. The number of nitrogens with zero attached hydrogens (tertiary/aromatic N) is 2. The molecule has 0 unspecified atom stereocenters. The maximum absolute atomic E-state index is 14.3. The standard InChI is InChI=1S/C23H20FN3O5/c1-32-23(31)18-13-26(10-11-27(18)21(29)14-6-3-2-4-7-14)22(30)20(28)15-12-25-17-9-5-8-16(24)19(15)17/h2-9,12,18,25H,10-11,13H2,1H3/t18-/m0/s1. The molecule has 1 fully saturated rings. The van der Waals surface area contributed by atoms with Gasteiger partial charge in [0.1, 0.15) is 11.9 Å². The van der Waals surface area contributed by atoms with Gasteiger partial charge in [0.15, 0.2) is 0 Å². The van der Waals surface area contributed by atoms with Gasteiger partial charge in [-0.05, 0) is 24.3 Å². The molecular formula is C23H20FN3O5. The van der Waals surface area contributed by atoms with Crippen LogP contribution in [0.2, 0.25) is 0 Å². The molecule has 0 bridgehead atoms. The highest BCUT2D eigenvalue weighted by Gasteiger charge is 2.39. The van der Waals surface area contributed by atoms with Crippen molar-refractivity contribution in [3.8, 4) is 0 Å². The van der Waals surface area contributed by atoms with Gasteiger partial charge in [-0.15, -0.1) is 0 Å². The van der Waals surface area contributed by atoms with Crippen LogP contribution < -0.4 is 0 Å². The average Bonchev–Trinajstić information content (AvgIpc) is 3.28. The summed E-state index contributed by atoms with van der Waals surface area (Å²) in [6.07, 6.45) is 1.29. The number of nitrogens with one attached hydrogen (secondary N) is 1. The lowest BCUT2D eigenvalue weighted by Gasteiger charge is -2.39. The summed E-state index contributed by atoms with van der Waals surface area (Å²) in [6, 6.07) is 11.7. The van der Waals surface area contributed by atoms with E-state index in [1.54, 1.807) is 36.4 Å². The predicted octanol–water partition coefficient (Wildman–Crippen LogP) is 2.02. The maximum Gasteiger partial charge on any atom is 0.330 e. The molecule has 0 saturated carbocycles. The summed E-state index contributed by atoms with van der Waals surface area (Å²) in [7, 11) is 1.19. The Bertz CT molecular complexity index is 1210. The number of hydrogen-bond acceptors (Lipinski definition) is 5. The van der Waals surface area contributed by atoms with Crippen molar-refractivity contribution in [3.63, 3.8) is 0 Å². The van der Waals surface area contributed by atoms with Crippen LogP contribution in [0.3, 0.4) is 0 Å². The fraction of sp³-hybridized carbons (Fsp3) is 0.217. The van der Waals surface area contributed by atoms with Crippen molar-refractivity contribution in [1.29, 1.82) is 0 Å². The third-order valence-electron chi connectivity index (χ3n) is 5.52. The molecule has 3 aromatic rings. The van der Waals surface area contributed by atoms with Crippen LogP contribution in [0.4, 0.5) is 4.39 Å². The lowest BCUT2D eigenvalue weighted by Crippen LogP contribution is -2.60. The van der Waals surface area contributed by atoms with E-state index in [2.05, 4.69) is 4.98 Å². The molecule has 8 nitrogen and oxygen atoms in total. The van der Waals surface area contributed by atoms with Gasteiger partial charge in [0.25, 0.3) is 17.6 Å². The molecule has 1 N–H and O–H groups in total. The summed E-state index contributed by atoms with van der Waals surface area (Å²) in [5, 5.41) is 0.0354. The third-order valence-corrected chi connectivity index (χ3v) is 5.52. The van der Waals surface area contributed by atoms with Gasteiger partial charge >= 0.3 is 5.97 Å². The molecular weight excluding hydrogens is 417 g/mol. The number of amides is 2. The second-order valence-electron chi connectivity index (χ2n) is 7.35. The van der Waals surface area contributed by atoms with Gasteiger partial charge in [-0.2, -0.15) is 0 Å². The summed E-state index contributed by atoms with van der Waals surface area (Å²) in [5.41, 5.74) is 0.707. The smallest absolute Gasteiger partial charge is 0.330 e. The molecule has 0 spiro atoms. The number of ether oxygens (including phenoxy) is 1. The average molecular weight is 437 g/mol. The number of methoxy groups -OCH3 is 1. The van der Waals surface area contributed by atoms with E-state index in [0.717, 1.165) is 0 Å². The zero-order valence-corrected chi connectivity index (χ0v) is 17.2. The number of carbonyl (C=O) groups is 4. The zero-order chi connectivity index (χ0) is 22.8. The number of ketones is 1. The van der Waals surface area contributed by atoms with Gasteiger partial charge in [0.05, 0.1) is 19.2 Å². The van der Waals surface area contributed by atoms with Crippen molar-refractivity contribution in [2.45, 2.75) is 6.04 Å². The summed E-state index contributed by atoms with van der Waals surface area (Å²) >= 11 is 0. The molecule has 2 heterocycles. The lowest BCUT2D eigenvalue weighted by atomic mass is 10.1. The molecule has 9 heteroatoms. The number of aromatic amines is 1. The second-order valence-corrected chi connectivity index (χ2v) is 7.35. The molecule has 164 valence electrons. The number of benzene rings is 2. The van der Waals surface area contributed by atoms with E-state index in [9.17, 15) is 23.6 Å². The van der Waals surface area contributed by atoms with Crippen LogP contribution in [0.5, 0.6) is 0 Å². The summed E-state index contributed by atoms with van der Waals surface area (Å²) in [4.78, 5) is 56.5. The number of H-pyrrole nitrogens is 1. The van der Waals surface area contributed by atoms with Gasteiger partial charge in [-0.25, -0.2) is 9.18 Å². The summed E-state index contributed by atoms with van der Waals surface area (Å²) in [6.45, 7) is -0.128. The molecule has 2 aromatic carbocycles. The van der Waals surface area contributed by atoms with Gasteiger partial charge in [-0.1, -0.05) is 24.3 Å². The highest BCUT2D eigenvalue weighted by molar-refractivity contribution is 6.45. The molecule has 32 heavy (non-hydrogen) atoms. The van der Waals surface area contributed by atoms with Gasteiger partial charge < -0.3 is 19.5 Å². The van der Waals surface area contributed by atoms with Crippen LogP contribution in [0, 0.1) is 5.82 Å². The Labute approximate surface area is 182 Å². The number of piperazine rings is 1. The van der Waals surface area contributed by atoms with Crippen LogP contribution in [-0.2, 0) is 14.3 Å². The fourth-order valence-corrected chi connectivity index (χ4v) is 3.87. The predicted molar refractivity (Wildman–Crippen MR) is 112 cm³/mol. The van der Waals surface area contributed by atoms with Crippen LogP contribution in [0.15, 0.2) is 54.7 Å². The molecule has 2 amide bonds. The van der Waals surface area contributed by atoms with Gasteiger partial charge in [0, 0.05) is 35.8 Å². The van der Waals surface area contributed by atoms with E-state index in [-0.39, 0.29) is 36.5 Å². The fourth-order valence-electron chi connectivity index (χ4n) is 3.87. The number of halogens is 1. The number of aromatic nitrogens is 1. The van der Waals surface area contributed by atoms with Gasteiger partial charge in [0.2, 0.25) is 0 Å². The van der Waals surface area contributed by atoms with Crippen molar-refractivity contribution in [2.75, 3.05) is 26.7 Å². The molecule has 4 rings (SSSR count).